The van der Waals surface area contributed by atoms with E-state index in [4.69, 9.17) is 27.9 Å². The van der Waals surface area contributed by atoms with Gasteiger partial charge in [-0.15, -0.1) is 12.4 Å². The maximum absolute atomic E-state index is 12.1. The molecule has 1 fully saturated rings. The summed E-state index contributed by atoms with van der Waals surface area (Å²) in [5.74, 6) is 1.66. The minimum atomic E-state index is -0.321. The zero-order chi connectivity index (χ0) is 17.8. The van der Waals surface area contributed by atoms with Crippen LogP contribution < -0.4 is 15.4 Å². The van der Waals surface area contributed by atoms with Gasteiger partial charge >= 0.3 is 0 Å². The fourth-order valence-corrected chi connectivity index (χ4v) is 2.93. The topological polar surface area (TPSA) is 81.1 Å². The summed E-state index contributed by atoms with van der Waals surface area (Å²) in [5, 5.41) is 11.3. The van der Waals surface area contributed by atoms with Gasteiger partial charge < -0.3 is 10.1 Å². The molecule has 1 aromatic carbocycles. The van der Waals surface area contributed by atoms with Gasteiger partial charge in [-0.1, -0.05) is 23.2 Å². The molecule has 1 aliphatic heterocycles. The summed E-state index contributed by atoms with van der Waals surface area (Å²) >= 11 is 11.8. The lowest BCUT2D eigenvalue weighted by atomic mass is 9.98. The SMILES string of the molecule is Cl.Cn1nc(C2CCNCC2)nc1NC(=O)COc1ccc(Cl)c(Cl)c1. The minimum Gasteiger partial charge on any atom is -0.484 e. The Morgan fingerprint density at radius 2 is 2.08 bits per heavy atom. The second kappa shape index (κ2) is 9.41. The number of ether oxygens (including phenoxy) is 1. The molecule has 3 rings (SSSR count). The normalized spacial score (nSPS) is 14.6. The number of aryl methyl sites for hydroxylation is 1. The number of piperidine rings is 1. The molecule has 26 heavy (non-hydrogen) atoms. The Morgan fingerprint density at radius 3 is 2.77 bits per heavy atom. The van der Waals surface area contributed by atoms with E-state index in [1.54, 1.807) is 29.9 Å². The van der Waals surface area contributed by atoms with Gasteiger partial charge in [-0.25, -0.2) is 4.68 Å². The Hall–Kier alpha value is -1.54. The highest BCUT2D eigenvalue weighted by Gasteiger charge is 2.21. The van der Waals surface area contributed by atoms with Crippen molar-refractivity contribution in [2.24, 2.45) is 7.05 Å². The van der Waals surface area contributed by atoms with Crippen molar-refractivity contribution in [2.45, 2.75) is 18.8 Å². The summed E-state index contributed by atoms with van der Waals surface area (Å²) in [6.45, 7) is 1.76. The van der Waals surface area contributed by atoms with Crippen molar-refractivity contribution in [2.75, 3.05) is 25.0 Å². The lowest BCUT2D eigenvalue weighted by molar-refractivity contribution is -0.118. The number of hydrogen-bond donors (Lipinski definition) is 2. The molecule has 0 aliphatic carbocycles. The predicted octanol–water partition coefficient (Wildman–Crippen LogP) is 3.03. The van der Waals surface area contributed by atoms with Crippen LogP contribution in [-0.4, -0.2) is 40.4 Å². The van der Waals surface area contributed by atoms with Crippen LogP contribution >= 0.6 is 35.6 Å². The highest BCUT2D eigenvalue weighted by atomic mass is 35.5. The summed E-state index contributed by atoms with van der Waals surface area (Å²) in [4.78, 5) is 16.5. The molecule has 7 nitrogen and oxygen atoms in total. The van der Waals surface area contributed by atoms with E-state index in [9.17, 15) is 4.79 Å². The molecule has 0 saturated carbocycles. The molecule has 2 N–H and O–H groups in total. The maximum Gasteiger partial charge on any atom is 0.264 e. The molecule has 142 valence electrons. The van der Waals surface area contributed by atoms with Crippen molar-refractivity contribution in [3.8, 4) is 5.75 Å². The van der Waals surface area contributed by atoms with Gasteiger partial charge in [0.05, 0.1) is 10.0 Å². The first-order chi connectivity index (χ1) is 12.0. The summed E-state index contributed by atoms with van der Waals surface area (Å²) in [5.41, 5.74) is 0. The lowest BCUT2D eigenvalue weighted by Crippen LogP contribution is -2.27. The monoisotopic (exact) mass is 419 g/mol. The van der Waals surface area contributed by atoms with Gasteiger partial charge in [-0.3, -0.25) is 10.1 Å². The van der Waals surface area contributed by atoms with Crippen molar-refractivity contribution >= 4 is 47.5 Å². The summed E-state index contributed by atoms with van der Waals surface area (Å²) in [7, 11) is 1.76. The van der Waals surface area contributed by atoms with Crippen LogP contribution in [0.2, 0.25) is 10.0 Å². The Bertz CT molecular complexity index is 762. The molecule has 1 saturated heterocycles. The van der Waals surface area contributed by atoms with Gasteiger partial charge in [0.15, 0.2) is 12.4 Å². The van der Waals surface area contributed by atoms with E-state index in [1.165, 1.54) is 0 Å². The zero-order valence-electron chi connectivity index (χ0n) is 14.2. The van der Waals surface area contributed by atoms with Crippen LogP contribution in [0.5, 0.6) is 5.75 Å². The van der Waals surface area contributed by atoms with Crippen LogP contribution in [-0.2, 0) is 11.8 Å². The van der Waals surface area contributed by atoms with Crippen molar-refractivity contribution in [1.82, 2.24) is 20.1 Å². The second-order valence-electron chi connectivity index (χ2n) is 5.85. The first kappa shape index (κ1) is 20.8. The van der Waals surface area contributed by atoms with E-state index in [0.717, 1.165) is 31.8 Å². The zero-order valence-corrected chi connectivity index (χ0v) is 16.5. The van der Waals surface area contributed by atoms with Gasteiger partial charge in [0.1, 0.15) is 5.75 Å². The number of carbonyl (C=O) groups is 1. The standard InChI is InChI=1S/C16H19Cl2N5O2.ClH/c1-23-16(21-15(22-23)10-4-6-19-7-5-10)20-14(24)9-25-11-2-3-12(17)13(18)8-11;/h2-3,8,10,19H,4-7,9H2,1H3,(H,20,21,22,24);1H. The molecule has 1 amide bonds. The van der Waals surface area contributed by atoms with E-state index in [1.807, 2.05) is 0 Å². The fourth-order valence-electron chi connectivity index (χ4n) is 2.64. The number of nitrogens with one attached hydrogen (secondary N) is 2. The number of nitrogens with zero attached hydrogens (tertiary/aromatic N) is 3. The molecule has 0 radical (unpaired) electrons. The molecule has 1 aromatic heterocycles. The number of amides is 1. The molecule has 0 unspecified atom stereocenters. The van der Waals surface area contributed by atoms with Crippen LogP contribution in [0, 0.1) is 0 Å². The molecule has 1 aliphatic rings. The third kappa shape index (κ3) is 5.23. The van der Waals surface area contributed by atoms with Crippen LogP contribution in [0.3, 0.4) is 0 Å². The average Bonchev–Trinajstić information content (AvgIpc) is 2.97. The van der Waals surface area contributed by atoms with E-state index in [0.29, 0.717) is 27.7 Å². The van der Waals surface area contributed by atoms with Crippen molar-refractivity contribution in [1.29, 1.82) is 0 Å². The molecule has 2 heterocycles. The van der Waals surface area contributed by atoms with Crippen LogP contribution in [0.1, 0.15) is 24.6 Å². The van der Waals surface area contributed by atoms with Gasteiger partial charge in [0.25, 0.3) is 5.91 Å². The number of hydrogen-bond acceptors (Lipinski definition) is 5. The third-order valence-corrected chi connectivity index (χ3v) is 4.73. The summed E-state index contributed by atoms with van der Waals surface area (Å²) < 4.78 is 7.00. The maximum atomic E-state index is 12.1. The molecule has 0 bridgehead atoms. The van der Waals surface area contributed by atoms with Crippen molar-refractivity contribution in [3.63, 3.8) is 0 Å². The number of carbonyl (C=O) groups excluding carboxylic acids is 1. The molecule has 2 aromatic rings. The largest absolute Gasteiger partial charge is 0.484 e. The molecule has 0 spiro atoms. The van der Waals surface area contributed by atoms with E-state index < -0.39 is 0 Å². The van der Waals surface area contributed by atoms with Crippen LogP contribution in [0.25, 0.3) is 0 Å². The lowest BCUT2D eigenvalue weighted by Gasteiger charge is -2.19. The van der Waals surface area contributed by atoms with Gasteiger partial charge in [0, 0.05) is 19.0 Å². The minimum absolute atomic E-state index is 0. The Kier molecular flexibility index (Phi) is 7.52. The number of aromatic nitrogens is 3. The van der Waals surface area contributed by atoms with E-state index in [2.05, 4.69) is 20.7 Å². The Balaban J connectivity index is 0.00000243. The van der Waals surface area contributed by atoms with E-state index in [-0.39, 0.29) is 24.9 Å². The fraction of sp³-hybridized carbons (Fsp3) is 0.438. The molecule has 0 atom stereocenters. The number of rotatable bonds is 5. The molecule has 10 heteroatoms. The van der Waals surface area contributed by atoms with Gasteiger partial charge in [-0.2, -0.15) is 10.1 Å². The number of halogens is 3. The first-order valence-corrected chi connectivity index (χ1v) is 8.78. The number of anilines is 1. The molecular weight excluding hydrogens is 401 g/mol. The van der Waals surface area contributed by atoms with Crippen LogP contribution in [0.15, 0.2) is 18.2 Å². The second-order valence-corrected chi connectivity index (χ2v) is 6.67. The summed E-state index contributed by atoms with van der Waals surface area (Å²) in [6, 6.07) is 4.83. The van der Waals surface area contributed by atoms with Crippen molar-refractivity contribution < 1.29 is 9.53 Å². The number of benzene rings is 1. The predicted molar refractivity (Wildman–Crippen MR) is 104 cm³/mol. The first-order valence-electron chi connectivity index (χ1n) is 8.02. The highest BCUT2D eigenvalue weighted by Crippen LogP contribution is 2.26. The average molecular weight is 421 g/mol. The Labute approximate surface area is 167 Å². The van der Waals surface area contributed by atoms with Crippen molar-refractivity contribution in [3.05, 3.63) is 34.1 Å². The van der Waals surface area contributed by atoms with E-state index >= 15 is 0 Å². The molecular formula is C16H20Cl3N5O2. The Morgan fingerprint density at radius 1 is 1.35 bits per heavy atom. The van der Waals surface area contributed by atoms with Crippen LogP contribution in [0.4, 0.5) is 5.95 Å². The van der Waals surface area contributed by atoms with Gasteiger partial charge in [0.2, 0.25) is 5.95 Å². The quantitative estimate of drug-likeness (QED) is 0.777. The highest BCUT2D eigenvalue weighted by molar-refractivity contribution is 6.42. The smallest absolute Gasteiger partial charge is 0.264 e. The summed E-state index contributed by atoms with van der Waals surface area (Å²) in [6.07, 6.45) is 2.00. The van der Waals surface area contributed by atoms with Gasteiger partial charge in [-0.05, 0) is 38.1 Å². The third-order valence-electron chi connectivity index (χ3n) is 4.00.